The number of fused-ring (bicyclic) bond motifs is 1. The number of aromatic nitrogens is 2. The van der Waals surface area contributed by atoms with Gasteiger partial charge in [0.1, 0.15) is 17.8 Å². The molecule has 5 rings (SSSR count). The maximum Gasteiger partial charge on any atom is 0.181 e. The highest BCUT2D eigenvalue weighted by atomic mass is 16.1. The predicted octanol–water partition coefficient (Wildman–Crippen LogP) is 6.10. The zero-order valence-corrected chi connectivity index (χ0v) is 23.2. The summed E-state index contributed by atoms with van der Waals surface area (Å²) in [7, 11) is 0. The number of rotatable bonds is 12. The molecule has 0 amide bonds. The van der Waals surface area contributed by atoms with Crippen LogP contribution in [0, 0.1) is 11.8 Å². The molecule has 204 valence electrons. The van der Waals surface area contributed by atoms with Crippen LogP contribution in [0.4, 0.5) is 5.82 Å². The molecule has 3 heterocycles. The molecule has 0 bridgehead atoms. The van der Waals surface area contributed by atoms with E-state index in [4.69, 9.17) is 0 Å². The van der Waals surface area contributed by atoms with Crippen molar-refractivity contribution in [2.45, 2.75) is 83.7 Å². The van der Waals surface area contributed by atoms with E-state index in [2.05, 4.69) is 62.9 Å². The first-order chi connectivity index (χ1) is 18.5. The van der Waals surface area contributed by atoms with Gasteiger partial charge in [-0.1, -0.05) is 44.2 Å². The van der Waals surface area contributed by atoms with Crippen LogP contribution in [0.1, 0.15) is 86.3 Å². The summed E-state index contributed by atoms with van der Waals surface area (Å²) in [5.41, 5.74) is 4.84. The number of allylic oxidation sites excluding steroid dienone is 1. The van der Waals surface area contributed by atoms with E-state index in [1.807, 2.05) is 6.07 Å². The lowest BCUT2D eigenvalue weighted by Crippen LogP contribution is -2.41. The van der Waals surface area contributed by atoms with Crippen LogP contribution < -0.4 is 5.32 Å². The number of nitrogens with one attached hydrogen (secondary N) is 1. The molecule has 6 heteroatoms. The van der Waals surface area contributed by atoms with Gasteiger partial charge in [-0.3, -0.25) is 9.69 Å². The highest BCUT2D eigenvalue weighted by Crippen LogP contribution is 2.37. The summed E-state index contributed by atoms with van der Waals surface area (Å²) >= 11 is 0. The largest absolute Gasteiger partial charge is 0.375 e. The Morgan fingerprint density at radius 1 is 1.08 bits per heavy atom. The number of carbonyl (C=O) groups excluding carboxylic acids is 1. The van der Waals surface area contributed by atoms with E-state index in [0.29, 0.717) is 30.0 Å². The third kappa shape index (κ3) is 7.02. The van der Waals surface area contributed by atoms with Crippen molar-refractivity contribution in [1.82, 2.24) is 19.8 Å². The molecule has 2 fully saturated rings. The fraction of sp³-hybridized carbons (Fsp3) is 0.594. The van der Waals surface area contributed by atoms with Gasteiger partial charge in [-0.15, -0.1) is 0 Å². The number of likely N-dealkylation sites (tertiary alicyclic amines) is 1. The van der Waals surface area contributed by atoms with Crippen molar-refractivity contribution in [3.05, 3.63) is 65.8 Å². The molecule has 1 atom stereocenters. The minimum atomic E-state index is 0.126. The molecule has 1 aliphatic carbocycles. The first-order valence-corrected chi connectivity index (χ1v) is 14.9. The van der Waals surface area contributed by atoms with E-state index >= 15 is 0 Å². The molecule has 1 saturated heterocycles. The molecule has 0 spiro atoms. The minimum Gasteiger partial charge on any atom is -0.375 e. The van der Waals surface area contributed by atoms with E-state index in [9.17, 15) is 4.79 Å². The number of carbonyl (C=O) groups is 1. The summed E-state index contributed by atoms with van der Waals surface area (Å²) < 4.78 is 0. The summed E-state index contributed by atoms with van der Waals surface area (Å²) in [5.74, 6) is 2.11. The van der Waals surface area contributed by atoms with Crippen LogP contribution in [0.5, 0.6) is 0 Å². The molecule has 1 aromatic carbocycles. The van der Waals surface area contributed by atoms with Gasteiger partial charge < -0.3 is 10.2 Å². The molecule has 1 aromatic heterocycles. The van der Waals surface area contributed by atoms with Crippen molar-refractivity contribution in [3.8, 4) is 0 Å². The molecule has 6 nitrogen and oxygen atoms in total. The smallest absolute Gasteiger partial charge is 0.181 e. The van der Waals surface area contributed by atoms with Gasteiger partial charge in [0.05, 0.1) is 0 Å². The van der Waals surface area contributed by atoms with Crippen molar-refractivity contribution in [2.24, 2.45) is 11.8 Å². The SMILES string of the molecule is C=C(C1CC(Nc2cc(C(=O)CCCC[C@H](C)CN3CCc4ccccc4C3)ncn2)C1)N1CCCCC1. The molecule has 2 aliphatic heterocycles. The van der Waals surface area contributed by atoms with Gasteiger partial charge >= 0.3 is 0 Å². The number of piperidine rings is 1. The second kappa shape index (κ2) is 12.9. The maximum atomic E-state index is 12.8. The molecule has 38 heavy (non-hydrogen) atoms. The molecule has 1 N–H and O–H groups in total. The third-order valence-electron chi connectivity index (χ3n) is 8.81. The Hall–Kier alpha value is -2.73. The third-order valence-corrected chi connectivity index (χ3v) is 8.81. The summed E-state index contributed by atoms with van der Waals surface area (Å²) in [4.78, 5) is 26.5. The molecular formula is C32H45N5O. The van der Waals surface area contributed by atoms with Crippen LogP contribution in [0.3, 0.4) is 0 Å². The molecule has 3 aliphatic rings. The number of anilines is 1. The van der Waals surface area contributed by atoms with Gasteiger partial charge in [-0.25, -0.2) is 9.97 Å². The lowest BCUT2D eigenvalue weighted by Gasteiger charge is -2.42. The summed E-state index contributed by atoms with van der Waals surface area (Å²) in [6.45, 7) is 12.4. The van der Waals surface area contributed by atoms with Gasteiger partial charge in [0.15, 0.2) is 5.78 Å². The molecular weight excluding hydrogens is 470 g/mol. The highest BCUT2D eigenvalue weighted by molar-refractivity contribution is 5.94. The predicted molar refractivity (Wildman–Crippen MR) is 154 cm³/mol. The monoisotopic (exact) mass is 515 g/mol. The van der Waals surface area contributed by atoms with Gasteiger partial charge in [0.25, 0.3) is 0 Å². The number of hydrogen-bond acceptors (Lipinski definition) is 6. The van der Waals surface area contributed by atoms with Gasteiger partial charge in [0.2, 0.25) is 0 Å². The van der Waals surface area contributed by atoms with Crippen molar-refractivity contribution >= 4 is 11.6 Å². The average molecular weight is 516 g/mol. The van der Waals surface area contributed by atoms with Crippen LogP contribution in [-0.4, -0.2) is 57.8 Å². The Balaban J connectivity index is 0.988. The zero-order valence-electron chi connectivity index (χ0n) is 23.2. The Labute approximate surface area is 228 Å². The van der Waals surface area contributed by atoms with Crippen LogP contribution >= 0.6 is 0 Å². The fourth-order valence-corrected chi connectivity index (χ4v) is 6.39. The standard InChI is InChI=1S/C32H45N5O/c1-24(21-36-17-14-26-11-5-6-12-27(26)22-36)10-4-7-13-31(38)30-20-32(34-23-33-30)35-29-18-28(19-29)25(2)37-15-8-3-9-16-37/h5-6,11-12,20,23-24,28-29H,2-4,7-10,13-19,21-22H2,1H3,(H,33,34,35)/t24-,28?,29?/m0/s1. The number of ketones is 1. The van der Waals surface area contributed by atoms with Crippen molar-refractivity contribution < 1.29 is 4.79 Å². The van der Waals surface area contributed by atoms with Crippen molar-refractivity contribution in [3.63, 3.8) is 0 Å². The Morgan fingerprint density at radius 3 is 2.68 bits per heavy atom. The van der Waals surface area contributed by atoms with E-state index in [1.54, 1.807) is 0 Å². The maximum absolute atomic E-state index is 12.8. The number of Topliss-reactive ketones (excluding diaryl/α,β-unsaturated/α-hetero) is 1. The number of unbranched alkanes of at least 4 members (excludes halogenated alkanes) is 1. The zero-order chi connectivity index (χ0) is 26.3. The topological polar surface area (TPSA) is 61.4 Å². The normalized spacial score (nSPS) is 22.3. The Kier molecular flexibility index (Phi) is 9.10. The number of benzene rings is 1. The fourth-order valence-electron chi connectivity index (χ4n) is 6.39. The quantitative estimate of drug-likeness (QED) is 0.272. The summed E-state index contributed by atoms with van der Waals surface area (Å²) in [6, 6.07) is 11.1. The molecule has 2 aromatic rings. The van der Waals surface area contributed by atoms with Crippen molar-refractivity contribution in [1.29, 1.82) is 0 Å². The summed E-state index contributed by atoms with van der Waals surface area (Å²) in [5, 5.41) is 3.52. The second-order valence-corrected chi connectivity index (χ2v) is 11.9. The minimum absolute atomic E-state index is 0.126. The molecule has 0 unspecified atom stereocenters. The number of hydrogen-bond donors (Lipinski definition) is 1. The number of nitrogens with zero attached hydrogens (tertiary/aromatic N) is 4. The Morgan fingerprint density at radius 2 is 1.87 bits per heavy atom. The van der Waals surface area contributed by atoms with Crippen LogP contribution in [0.15, 0.2) is 48.9 Å². The highest BCUT2D eigenvalue weighted by Gasteiger charge is 2.33. The van der Waals surface area contributed by atoms with Crippen LogP contribution in [-0.2, 0) is 13.0 Å². The van der Waals surface area contributed by atoms with Crippen LogP contribution in [0.2, 0.25) is 0 Å². The summed E-state index contributed by atoms with van der Waals surface area (Å²) in [6.07, 6.45) is 12.5. The first-order valence-electron chi connectivity index (χ1n) is 14.9. The lowest BCUT2D eigenvalue weighted by atomic mass is 9.77. The average Bonchev–Trinajstić information content (AvgIpc) is 2.93. The van der Waals surface area contributed by atoms with Gasteiger partial charge in [-0.05, 0) is 68.4 Å². The van der Waals surface area contributed by atoms with E-state index in [0.717, 1.165) is 77.1 Å². The molecule has 0 radical (unpaired) electrons. The van der Waals surface area contributed by atoms with E-state index in [-0.39, 0.29) is 5.78 Å². The van der Waals surface area contributed by atoms with Crippen LogP contribution in [0.25, 0.3) is 0 Å². The second-order valence-electron chi connectivity index (χ2n) is 11.9. The Bertz CT molecular complexity index is 1090. The van der Waals surface area contributed by atoms with E-state index < -0.39 is 0 Å². The van der Waals surface area contributed by atoms with Crippen molar-refractivity contribution in [2.75, 3.05) is 31.5 Å². The van der Waals surface area contributed by atoms with E-state index in [1.165, 1.54) is 42.4 Å². The molecule has 1 saturated carbocycles. The van der Waals surface area contributed by atoms with Gasteiger partial charge in [-0.2, -0.15) is 0 Å². The first kappa shape index (κ1) is 26.9. The van der Waals surface area contributed by atoms with Gasteiger partial charge in [0, 0.05) is 62.9 Å². The lowest BCUT2D eigenvalue weighted by molar-refractivity contribution is 0.0973.